The van der Waals surface area contributed by atoms with Crippen LogP contribution in [0.5, 0.6) is 0 Å². The molecule has 0 aromatic heterocycles. The van der Waals surface area contributed by atoms with Gasteiger partial charge in [-0.05, 0) is 73.5 Å². The molecule has 0 saturated heterocycles. The molecule has 3 rings (SSSR count). The first kappa shape index (κ1) is 12.8. The Morgan fingerprint density at radius 3 is 2.67 bits per heavy atom. The van der Waals surface area contributed by atoms with E-state index in [0.717, 1.165) is 17.8 Å². The van der Waals surface area contributed by atoms with Crippen molar-refractivity contribution >= 4 is 0 Å². The van der Waals surface area contributed by atoms with Crippen molar-refractivity contribution in [3.05, 3.63) is 12.2 Å². The number of rotatable bonds is 0. The summed E-state index contributed by atoms with van der Waals surface area (Å²) in [7, 11) is 0. The van der Waals surface area contributed by atoms with Crippen molar-refractivity contribution in [2.24, 2.45) is 28.6 Å². The normalized spacial score (nSPS) is 52.6. The van der Waals surface area contributed by atoms with Crippen LogP contribution in [-0.2, 0) is 0 Å². The van der Waals surface area contributed by atoms with E-state index in [-0.39, 0.29) is 0 Å². The zero-order valence-corrected chi connectivity index (χ0v) is 12.6. The van der Waals surface area contributed by atoms with Crippen LogP contribution in [0.25, 0.3) is 0 Å². The van der Waals surface area contributed by atoms with E-state index in [1.54, 1.807) is 0 Å². The summed E-state index contributed by atoms with van der Waals surface area (Å²) in [6.07, 6.45) is 11.5. The number of hydrogen-bond acceptors (Lipinski definition) is 0. The summed E-state index contributed by atoms with van der Waals surface area (Å²) in [5, 5.41) is 0. The van der Waals surface area contributed by atoms with Crippen molar-refractivity contribution in [2.45, 2.75) is 72.1 Å². The molecule has 0 amide bonds. The summed E-state index contributed by atoms with van der Waals surface area (Å²) < 4.78 is 0. The lowest BCUT2D eigenvalue weighted by molar-refractivity contribution is -0.110. The first-order valence-corrected chi connectivity index (χ1v) is 8.11. The quantitative estimate of drug-likeness (QED) is 0.489. The fourth-order valence-corrected chi connectivity index (χ4v) is 5.66. The van der Waals surface area contributed by atoms with E-state index < -0.39 is 0 Å². The van der Waals surface area contributed by atoms with Crippen LogP contribution in [0.3, 0.4) is 0 Å². The maximum atomic E-state index is 4.30. The Kier molecular flexibility index (Phi) is 2.92. The Hall–Kier alpha value is -0.260. The van der Waals surface area contributed by atoms with Crippen molar-refractivity contribution in [2.75, 3.05) is 0 Å². The molecule has 3 fully saturated rings. The van der Waals surface area contributed by atoms with Crippen molar-refractivity contribution < 1.29 is 0 Å². The second kappa shape index (κ2) is 4.12. The largest absolute Gasteiger partial charge is 0.0998 e. The van der Waals surface area contributed by atoms with Crippen molar-refractivity contribution in [1.82, 2.24) is 0 Å². The summed E-state index contributed by atoms with van der Waals surface area (Å²) in [4.78, 5) is 0. The predicted octanol–water partition coefficient (Wildman–Crippen LogP) is 5.59. The molecule has 3 saturated carbocycles. The summed E-state index contributed by atoms with van der Waals surface area (Å²) in [5.41, 5.74) is 2.68. The average Bonchev–Trinajstić information content (AvgIpc) is 2.32. The van der Waals surface area contributed by atoms with Crippen LogP contribution < -0.4 is 0 Å². The van der Waals surface area contributed by atoms with Crippen molar-refractivity contribution in [1.29, 1.82) is 0 Å². The van der Waals surface area contributed by atoms with E-state index in [0.29, 0.717) is 10.8 Å². The van der Waals surface area contributed by atoms with Crippen molar-refractivity contribution in [3.63, 3.8) is 0 Å². The second-order valence-corrected chi connectivity index (χ2v) is 8.23. The highest BCUT2D eigenvalue weighted by Crippen LogP contribution is 2.66. The van der Waals surface area contributed by atoms with Gasteiger partial charge in [0.05, 0.1) is 0 Å². The van der Waals surface area contributed by atoms with Gasteiger partial charge in [-0.3, -0.25) is 0 Å². The molecule has 3 aliphatic carbocycles. The molecule has 4 unspecified atom stereocenters. The van der Waals surface area contributed by atoms with Gasteiger partial charge in [-0.2, -0.15) is 0 Å². The molecule has 18 heavy (non-hydrogen) atoms. The Morgan fingerprint density at radius 2 is 1.89 bits per heavy atom. The lowest BCUT2D eigenvalue weighted by Crippen LogP contribution is -2.53. The third-order valence-corrected chi connectivity index (χ3v) is 7.16. The van der Waals surface area contributed by atoms with Crippen LogP contribution in [0, 0.1) is 28.6 Å². The molecule has 0 heteroatoms. The molecule has 5 atom stereocenters. The number of allylic oxidation sites excluding steroid dienone is 1. The number of fused-ring (bicyclic) bond motifs is 3. The fourth-order valence-electron chi connectivity index (χ4n) is 5.66. The first-order chi connectivity index (χ1) is 8.45. The maximum Gasteiger partial charge on any atom is -0.0232 e. The van der Waals surface area contributed by atoms with Gasteiger partial charge < -0.3 is 0 Å². The first-order valence-electron chi connectivity index (χ1n) is 8.11. The van der Waals surface area contributed by atoms with Gasteiger partial charge in [-0.15, -0.1) is 0 Å². The average molecular weight is 246 g/mol. The molecule has 0 N–H and O–H groups in total. The molecular weight excluding hydrogens is 216 g/mol. The van der Waals surface area contributed by atoms with E-state index in [2.05, 4.69) is 27.4 Å². The molecule has 0 aromatic rings. The highest BCUT2D eigenvalue weighted by Gasteiger charge is 2.56. The van der Waals surface area contributed by atoms with E-state index >= 15 is 0 Å². The van der Waals surface area contributed by atoms with Crippen LogP contribution in [0.15, 0.2) is 12.2 Å². The lowest BCUT2D eigenvalue weighted by atomic mass is 9.43. The van der Waals surface area contributed by atoms with Crippen LogP contribution in [0.2, 0.25) is 0 Å². The summed E-state index contributed by atoms with van der Waals surface area (Å²) in [6, 6.07) is 0. The third kappa shape index (κ3) is 1.71. The minimum absolute atomic E-state index is 0.556. The minimum Gasteiger partial charge on any atom is -0.0998 e. The van der Waals surface area contributed by atoms with Crippen LogP contribution in [-0.4, -0.2) is 0 Å². The van der Waals surface area contributed by atoms with E-state index in [9.17, 15) is 0 Å². The zero-order valence-electron chi connectivity index (χ0n) is 12.6. The highest BCUT2D eigenvalue weighted by atomic mass is 14.6. The third-order valence-electron chi connectivity index (χ3n) is 7.16. The van der Waals surface area contributed by atoms with E-state index in [1.807, 2.05) is 0 Å². The van der Waals surface area contributed by atoms with Gasteiger partial charge in [-0.1, -0.05) is 39.3 Å². The summed E-state index contributed by atoms with van der Waals surface area (Å²) in [5.74, 6) is 3.02. The minimum atomic E-state index is 0.556. The van der Waals surface area contributed by atoms with Gasteiger partial charge >= 0.3 is 0 Å². The van der Waals surface area contributed by atoms with Crippen molar-refractivity contribution in [3.8, 4) is 0 Å². The lowest BCUT2D eigenvalue weighted by Gasteiger charge is -2.62. The van der Waals surface area contributed by atoms with Crippen LogP contribution in [0.4, 0.5) is 0 Å². The molecule has 0 nitrogen and oxygen atoms in total. The van der Waals surface area contributed by atoms with Gasteiger partial charge in [0.2, 0.25) is 0 Å². The second-order valence-electron chi connectivity index (χ2n) is 8.23. The molecule has 0 aliphatic heterocycles. The summed E-state index contributed by atoms with van der Waals surface area (Å²) in [6.45, 7) is 12.0. The SMILES string of the molecule is C=C1CCC2(C)C3CC(C)CCC3CC[C@]2(C)C1. The van der Waals surface area contributed by atoms with Crippen LogP contribution >= 0.6 is 0 Å². The topological polar surface area (TPSA) is 0 Å². The smallest absolute Gasteiger partial charge is 0.0232 e. The Bertz CT molecular complexity index is 355. The molecule has 3 aliphatic rings. The molecule has 0 heterocycles. The van der Waals surface area contributed by atoms with Gasteiger partial charge in [0.25, 0.3) is 0 Å². The van der Waals surface area contributed by atoms with Gasteiger partial charge in [0.15, 0.2) is 0 Å². The molecule has 0 radical (unpaired) electrons. The Balaban J connectivity index is 1.92. The van der Waals surface area contributed by atoms with E-state index in [4.69, 9.17) is 0 Å². The molecular formula is C18H30. The van der Waals surface area contributed by atoms with Gasteiger partial charge in [-0.25, -0.2) is 0 Å². The predicted molar refractivity (Wildman–Crippen MR) is 78.4 cm³/mol. The molecule has 0 spiro atoms. The maximum absolute atomic E-state index is 4.30. The molecule has 0 bridgehead atoms. The zero-order chi connectivity index (χ0) is 13.0. The number of hydrogen-bond donors (Lipinski definition) is 0. The van der Waals surface area contributed by atoms with E-state index in [1.165, 1.54) is 56.9 Å². The molecule has 102 valence electrons. The standard InChI is InChI=1S/C18H30/c1-13-5-6-15-8-9-17(3)12-14(2)7-10-18(17,4)16(15)11-13/h13,15-16H,2,5-12H2,1,3-4H3/t13?,15?,16?,17-,18?/m1/s1. The van der Waals surface area contributed by atoms with Gasteiger partial charge in [0.1, 0.15) is 0 Å². The highest BCUT2D eigenvalue weighted by molar-refractivity contribution is 5.15. The van der Waals surface area contributed by atoms with Gasteiger partial charge in [0, 0.05) is 0 Å². The summed E-state index contributed by atoms with van der Waals surface area (Å²) >= 11 is 0. The Morgan fingerprint density at radius 1 is 1.11 bits per heavy atom. The fraction of sp³-hybridized carbons (Fsp3) is 0.889. The Labute approximate surface area is 113 Å². The monoisotopic (exact) mass is 246 g/mol. The molecule has 0 aromatic carbocycles. The van der Waals surface area contributed by atoms with Crippen LogP contribution in [0.1, 0.15) is 72.1 Å².